The molecule has 0 radical (unpaired) electrons. The number of hydrogen-bond acceptors (Lipinski definition) is 7. The van der Waals surface area contributed by atoms with Crippen molar-refractivity contribution in [3.05, 3.63) is 105 Å². The van der Waals surface area contributed by atoms with Crippen molar-refractivity contribution in [2.75, 3.05) is 19.8 Å². The highest BCUT2D eigenvalue weighted by molar-refractivity contribution is 6.24. The SMILES string of the molecule is CC(Cl)(COC(=O)c1ccccc1)C(OCCOC(=O)c1ccccc1)n1ccc(=O)[nH]c1=O. The zero-order valence-electron chi connectivity index (χ0n) is 18.3. The highest BCUT2D eigenvalue weighted by Crippen LogP contribution is 2.30. The van der Waals surface area contributed by atoms with Gasteiger partial charge in [0.2, 0.25) is 0 Å². The molecule has 0 aliphatic carbocycles. The maximum atomic E-state index is 12.4. The molecule has 0 spiro atoms. The van der Waals surface area contributed by atoms with Crippen molar-refractivity contribution in [3.63, 3.8) is 0 Å². The summed E-state index contributed by atoms with van der Waals surface area (Å²) in [4.78, 5) is 49.0. The molecule has 2 aromatic carbocycles. The summed E-state index contributed by atoms with van der Waals surface area (Å²) < 4.78 is 17.4. The van der Waals surface area contributed by atoms with Crippen LogP contribution in [0.15, 0.2) is 82.5 Å². The fraction of sp³-hybridized carbons (Fsp3) is 0.250. The Balaban J connectivity index is 1.69. The van der Waals surface area contributed by atoms with E-state index in [2.05, 4.69) is 4.98 Å². The second-order valence-corrected chi connectivity index (χ2v) is 8.33. The first-order valence-corrected chi connectivity index (χ1v) is 10.7. The number of hydrogen-bond donors (Lipinski definition) is 1. The topological polar surface area (TPSA) is 117 Å². The zero-order valence-corrected chi connectivity index (χ0v) is 19.1. The lowest BCUT2D eigenvalue weighted by molar-refractivity contribution is -0.0584. The molecule has 1 aromatic heterocycles. The van der Waals surface area contributed by atoms with Gasteiger partial charge in [-0.1, -0.05) is 36.4 Å². The Morgan fingerprint density at radius 2 is 1.47 bits per heavy atom. The molecule has 178 valence electrons. The summed E-state index contributed by atoms with van der Waals surface area (Å²) in [6.45, 7) is 0.955. The second kappa shape index (κ2) is 11.4. The number of ether oxygens (including phenoxy) is 3. The lowest BCUT2D eigenvalue weighted by Crippen LogP contribution is -2.44. The molecule has 3 rings (SSSR count). The number of esters is 2. The maximum Gasteiger partial charge on any atom is 0.338 e. The number of alkyl halides is 1. The average molecular weight is 487 g/mol. The predicted molar refractivity (Wildman–Crippen MR) is 124 cm³/mol. The summed E-state index contributed by atoms with van der Waals surface area (Å²) in [5, 5.41) is 0. The van der Waals surface area contributed by atoms with Crippen LogP contribution in [-0.2, 0) is 14.2 Å². The zero-order chi connectivity index (χ0) is 24.6. The Morgan fingerprint density at radius 1 is 0.912 bits per heavy atom. The standard InChI is InChI=1S/C24H23ClN2O7/c1-24(25,16-34-21(30)18-10-6-3-7-11-18)22(27-13-12-19(28)26-23(27)31)33-15-14-32-20(29)17-8-4-2-5-9-17/h2-13,22H,14-16H2,1H3,(H,26,28,31). The maximum absolute atomic E-state index is 12.4. The minimum absolute atomic E-state index is 0.121. The van der Waals surface area contributed by atoms with E-state index in [4.69, 9.17) is 25.8 Å². The molecule has 0 amide bonds. The number of carbonyl (C=O) groups excluding carboxylic acids is 2. The molecule has 0 bridgehead atoms. The number of carbonyl (C=O) groups is 2. The third-order valence-electron chi connectivity index (χ3n) is 4.72. The fourth-order valence-electron chi connectivity index (χ4n) is 3.04. The molecule has 34 heavy (non-hydrogen) atoms. The Hall–Kier alpha value is -3.69. The molecule has 9 nitrogen and oxygen atoms in total. The third-order valence-corrected chi connectivity index (χ3v) is 5.01. The van der Waals surface area contributed by atoms with Crippen LogP contribution in [-0.4, -0.2) is 46.2 Å². The molecule has 2 atom stereocenters. The minimum Gasteiger partial charge on any atom is -0.460 e. The summed E-state index contributed by atoms with van der Waals surface area (Å²) in [7, 11) is 0. The van der Waals surface area contributed by atoms with E-state index in [1.807, 2.05) is 0 Å². The van der Waals surface area contributed by atoms with Gasteiger partial charge in [0.05, 0.1) is 17.7 Å². The smallest absolute Gasteiger partial charge is 0.338 e. The molecule has 2 unspecified atom stereocenters. The number of halogens is 1. The van der Waals surface area contributed by atoms with Crippen LogP contribution >= 0.6 is 11.6 Å². The number of nitrogens with one attached hydrogen (secondary N) is 1. The van der Waals surface area contributed by atoms with Gasteiger partial charge in [0, 0.05) is 12.3 Å². The lowest BCUT2D eigenvalue weighted by atomic mass is 10.1. The van der Waals surface area contributed by atoms with Gasteiger partial charge in [0.15, 0.2) is 6.23 Å². The Bertz CT molecular complexity index is 1220. The van der Waals surface area contributed by atoms with E-state index in [0.717, 1.165) is 10.6 Å². The van der Waals surface area contributed by atoms with Gasteiger partial charge in [0.1, 0.15) is 18.1 Å². The number of aromatic nitrogens is 2. The molecule has 0 saturated heterocycles. The monoisotopic (exact) mass is 486 g/mol. The Labute approximate surface area is 199 Å². The largest absolute Gasteiger partial charge is 0.460 e. The molecule has 0 aliphatic heterocycles. The number of benzene rings is 2. The van der Waals surface area contributed by atoms with E-state index in [1.165, 1.54) is 13.1 Å². The van der Waals surface area contributed by atoms with Crippen LogP contribution in [0, 0.1) is 0 Å². The Kier molecular flexibility index (Phi) is 8.39. The van der Waals surface area contributed by atoms with Gasteiger partial charge >= 0.3 is 17.6 Å². The summed E-state index contributed by atoms with van der Waals surface area (Å²) in [6.07, 6.45) is 0.0547. The molecule has 0 aliphatic rings. The minimum atomic E-state index is -1.42. The van der Waals surface area contributed by atoms with Gasteiger partial charge in [-0.05, 0) is 31.2 Å². The first-order valence-electron chi connectivity index (χ1n) is 10.3. The van der Waals surface area contributed by atoms with Crippen molar-refractivity contribution >= 4 is 23.5 Å². The van der Waals surface area contributed by atoms with Crippen molar-refractivity contribution in [2.24, 2.45) is 0 Å². The number of H-pyrrole nitrogens is 1. The summed E-state index contributed by atoms with van der Waals surface area (Å²) >= 11 is 6.66. The molecule has 3 aromatic rings. The van der Waals surface area contributed by atoms with Crippen LogP contribution in [0.2, 0.25) is 0 Å². The van der Waals surface area contributed by atoms with E-state index in [-0.39, 0.29) is 19.8 Å². The van der Waals surface area contributed by atoms with Gasteiger partial charge in [0.25, 0.3) is 5.56 Å². The molecule has 1 N–H and O–H groups in total. The lowest BCUT2D eigenvalue weighted by Gasteiger charge is -2.32. The van der Waals surface area contributed by atoms with Crippen molar-refractivity contribution < 1.29 is 23.8 Å². The van der Waals surface area contributed by atoms with E-state index < -0.39 is 34.3 Å². The van der Waals surface area contributed by atoms with Gasteiger partial charge in [-0.15, -0.1) is 11.6 Å². The first-order chi connectivity index (χ1) is 16.3. The van der Waals surface area contributed by atoms with E-state index >= 15 is 0 Å². The van der Waals surface area contributed by atoms with Gasteiger partial charge in [-0.25, -0.2) is 14.4 Å². The normalized spacial score (nSPS) is 13.5. The van der Waals surface area contributed by atoms with Crippen molar-refractivity contribution in [3.8, 4) is 0 Å². The van der Waals surface area contributed by atoms with Gasteiger partial charge in [-0.2, -0.15) is 0 Å². The van der Waals surface area contributed by atoms with Crippen molar-refractivity contribution in [1.82, 2.24) is 9.55 Å². The highest BCUT2D eigenvalue weighted by atomic mass is 35.5. The second-order valence-electron chi connectivity index (χ2n) is 7.46. The molecule has 0 saturated carbocycles. The fourth-order valence-corrected chi connectivity index (χ4v) is 3.27. The van der Waals surface area contributed by atoms with Crippen molar-refractivity contribution in [1.29, 1.82) is 0 Å². The van der Waals surface area contributed by atoms with Crippen LogP contribution in [0.1, 0.15) is 33.9 Å². The molecular weight excluding hydrogens is 464 g/mol. The van der Waals surface area contributed by atoms with Crippen LogP contribution in [0.5, 0.6) is 0 Å². The summed E-state index contributed by atoms with van der Waals surface area (Å²) in [5.41, 5.74) is -0.643. The number of rotatable bonds is 10. The van der Waals surface area contributed by atoms with Crippen LogP contribution < -0.4 is 11.2 Å². The van der Waals surface area contributed by atoms with E-state index in [9.17, 15) is 19.2 Å². The van der Waals surface area contributed by atoms with Crippen LogP contribution in [0.25, 0.3) is 0 Å². The third kappa shape index (κ3) is 6.66. The quantitative estimate of drug-likeness (QED) is 0.266. The summed E-state index contributed by atoms with van der Waals surface area (Å²) in [6, 6.07) is 17.9. The van der Waals surface area contributed by atoms with Crippen LogP contribution in [0.3, 0.4) is 0 Å². The number of aromatic amines is 1. The first kappa shape index (κ1) is 24.9. The summed E-state index contributed by atoms with van der Waals surface area (Å²) in [5.74, 6) is -1.13. The molecular formula is C24H23ClN2O7. The predicted octanol–water partition coefficient (Wildman–Crippen LogP) is 2.76. The highest BCUT2D eigenvalue weighted by Gasteiger charge is 2.37. The molecule has 0 fully saturated rings. The van der Waals surface area contributed by atoms with Crippen LogP contribution in [0.4, 0.5) is 0 Å². The van der Waals surface area contributed by atoms with E-state index in [1.54, 1.807) is 60.7 Å². The van der Waals surface area contributed by atoms with E-state index in [0.29, 0.717) is 11.1 Å². The van der Waals surface area contributed by atoms with Gasteiger partial charge < -0.3 is 14.2 Å². The number of nitrogens with zero attached hydrogens (tertiary/aromatic N) is 1. The average Bonchev–Trinajstić information content (AvgIpc) is 2.84. The van der Waals surface area contributed by atoms with Gasteiger partial charge in [-0.3, -0.25) is 14.3 Å². The molecule has 10 heteroatoms. The molecule has 1 heterocycles. The Morgan fingerprint density at radius 3 is 2.03 bits per heavy atom. The van der Waals surface area contributed by atoms with Crippen molar-refractivity contribution in [2.45, 2.75) is 18.0 Å².